The van der Waals surface area contributed by atoms with E-state index in [2.05, 4.69) is 38.6 Å². The summed E-state index contributed by atoms with van der Waals surface area (Å²) in [6.07, 6.45) is -0.787. The Bertz CT molecular complexity index is 1630. The first-order chi connectivity index (χ1) is 20.2. The Kier molecular flexibility index (Phi) is 9.44. The molecule has 9 heteroatoms. The molecule has 0 amide bonds. The highest BCUT2D eigenvalue weighted by molar-refractivity contribution is 7.89. The highest BCUT2D eigenvalue weighted by atomic mass is 32.2. The molecule has 2 atom stereocenters. The van der Waals surface area contributed by atoms with Crippen LogP contribution in [0.4, 0.5) is 0 Å². The Morgan fingerprint density at radius 1 is 0.767 bits per heavy atom. The molecule has 230 valence electrons. The van der Waals surface area contributed by atoms with Crippen LogP contribution in [0, 0.1) is 0 Å². The molecule has 0 aliphatic rings. The second kappa shape index (κ2) is 12.4. The lowest BCUT2D eigenvalue weighted by molar-refractivity contribution is -0.00564. The fraction of sp³-hybridized carbons (Fsp3) is 0.353. The van der Waals surface area contributed by atoms with Crippen molar-refractivity contribution in [1.29, 1.82) is 0 Å². The van der Waals surface area contributed by atoms with E-state index in [9.17, 15) is 13.5 Å². The highest BCUT2D eigenvalue weighted by Crippen LogP contribution is 2.45. The van der Waals surface area contributed by atoms with E-state index < -0.39 is 36.1 Å². The van der Waals surface area contributed by atoms with E-state index in [-0.39, 0.29) is 9.93 Å². The number of nitrogens with one attached hydrogen (secondary N) is 1. The zero-order chi connectivity index (χ0) is 31.6. The molecule has 0 fully saturated rings. The van der Waals surface area contributed by atoms with Crippen molar-refractivity contribution < 1.29 is 27.4 Å². The van der Waals surface area contributed by atoms with Gasteiger partial charge in [-0.2, -0.15) is 0 Å². The van der Waals surface area contributed by atoms with Gasteiger partial charge in [0.15, 0.2) is 8.32 Å². The molecule has 0 aromatic heterocycles. The van der Waals surface area contributed by atoms with Crippen molar-refractivity contribution in [2.75, 3.05) is 14.2 Å². The summed E-state index contributed by atoms with van der Waals surface area (Å²) in [5.41, 5.74) is -1.24. The first-order valence-electron chi connectivity index (χ1n) is 14.3. The largest absolute Gasteiger partial charge is 0.496 e. The molecule has 4 rings (SSSR count). The van der Waals surface area contributed by atoms with Crippen molar-refractivity contribution in [2.45, 2.75) is 68.5 Å². The van der Waals surface area contributed by atoms with Crippen LogP contribution in [0.1, 0.15) is 38.8 Å². The van der Waals surface area contributed by atoms with E-state index in [0.29, 0.717) is 28.0 Å². The Hall–Kier alpha value is -3.21. The first-order valence-corrected chi connectivity index (χ1v) is 18.7. The van der Waals surface area contributed by atoms with Crippen LogP contribution >= 0.6 is 0 Å². The third kappa shape index (κ3) is 6.37. The molecular weight excluding hydrogens is 579 g/mol. The third-order valence-corrected chi connectivity index (χ3v) is 14.6. The van der Waals surface area contributed by atoms with Gasteiger partial charge in [-0.25, -0.2) is 13.1 Å². The third-order valence-electron chi connectivity index (χ3n) is 8.56. The Morgan fingerprint density at radius 2 is 1.26 bits per heavy atom. The molecule has 0 radical (unpaired) electrons. The van der Waals surface area contributed by atoms with Crippen molar-refractivity contribution in [1.82, 2.24) is 4.72 Å². The van der Waals surface area contributed by atoms with Crippen LogP contribution in [0.2, 0.25) is 18.1 Å². The van der Waals surface area contributed by atoms with Gasteiger partial charge in [0.1, 0.15) is 17.1 Å². The Morgan fingerprint density at radius 3 is 1.79 bits per heavy atom. The molecule has 4 aromatic rings. The number of hydrogen-bond donors (Lipinski definition) is 2. The smallest absolute Gasteiger partial charge is 0.241 e. The minimum Gasteiger partial charge on any atom is -0.496 e. The summed E-state index contributed by atoms with van der Waals surface area (Å²) in [4.78, 5) is 0.109. The molecule has 2 N–H and O–H groups in total. The van der Waals surface area contributed by atoms with Gasteiger partial charge in [0.05, 0.1) is 31.3 Å². The van der Waals surface area contributed by atoms with Crippen molar-refractivity contribution in [3.05, 3.63) is 102 Å². The number of para-hydroxylation sites is 2. The summed E-state index contributed by atoms with van der Waals surface area (Å²) in [6.45, 7) is 12.4. The van der Waals surface area contributed by atoms with Gasteiger partial charge in [-0.15, -0.1) is 0 Å². The Balaban J connectivity index is 2.02. The van der Waals surface area contributed by atoms with Crippen LogP contribution in [0.5, 0.6) is 11.5 Å². The average Bonchev–Trinajstić information content (AvgIpc) is 2.98. The molecule has 0 bridgehead atoms. The lowest BCUT2D eigenvalue weighted by atomic mass is 9.77. The lowest BCUT2D eigenvalue weighted by Crippen LogP contribution is -2.60. The molecule has 43 heavy (non-hydrogen) atoms. The van der Waals surface area contributed by atoms with Crippen LogP contribution < -0.4 is 14.2 Å². The van der Waals surface area contributed by atoms with Crippen LogP contribution in [-0.4, -0.2) is 48.2 Å². The first kappa shape index (κ1) is 32.7. The lowest BCUT2D eigenvalue weighted by Gasteiger charge is -2.45. The van der Waals surface area contributed by atoms with E-state index in [1.165, 1.54) is 14.2 Å². The monoisotopic (exact) mass is 621 g/mol. The summed E-state index contributed by atoms with van der Waals surface area (Å²) >= 11 is 0. The molecule has 0 aliphatic heterocycles. The van der Waals surface area contributed by atoms with Crippen molar-refractivity contribution >= 4 is 29.1 Å². The summed E-state index contributed by atoms with van der Waals surface area (Å²) < 4.78 is 50.1. The molecule has 7 nitrogen and oxygen atoms in total. The molecule has 0 heterocycles. The zero-order valence-corrected chi connectivity index (χ0v) is 28.0. The average molecular weight is 622 g/mol. The number of ether oxygens (including phenoxy) is 2. The minimum atomic E-state index is -4.22. The van der Waals surface area contributed by atoms with Gasteiger partial charge in [-0.1, -0.05) is 93.6 Å². The predicted molar refractivity (Wildman–Crippen MR) is 175 cm³/mol. The van der Waals surface area contributed by atoms with Gasteiger partial charge in [0.25, 0.3) is 0 Å². The molecular formula is C34H43NO6SSi. The number of fused-ring (bicyclic) bond motifs is 1. The maximum Gasteiger partial charge on any atom is 0.241 e. The quantitative estimate of drug-likeness (QED) is 0.178. The predicted octanol–water partition coefficient (Wildman–Crippen LogP) is 6.85. The summed E-state index contributed by atoms with van der Waals surface area (Å²) in [5, 5.41) is 14.4. The van der Waals surface area contributed by atoms with Crippen LogP contribution in [-0.2, 0) is 20.1 Å². The molecule has 0 aliphatic carbocycles. The standard InChI is InChI=1S/C34H43NO6SSi/c1-24(41-43(7,8)33(2,3)4)32(35-42(37,38)31-23-15-17-25-16-9-10-18-26(25)31)34(36,27-19-11-13-21-29(27)39-5)28-20-12-14-22-30(28)40-6/h9-24,32,35-36H,1-8H3. The number of methoxy groups -OCH3 is 2. The fourth-order valence-corrected chi connectivity index (χ4v) is 8.27. The zero-order valence-electron chi connectivity index (χ0n) is 26.2. The van der Waals surface area contributed by atoms with Gasteiger partial charge in [0, 0.05) is 16.5 Å². The van der Waals surface area contributed by atoms with Gasteiger partial charge < -0.3 is 19.0 Å². The SMILES string of the molecule is COc1ccccc1C(O)(c1ccccc1OC)C(NS(=O)(=O)c1cccc2ccccc12)C(C)O[Si](C)(C)C(C)(C)C. The molecule has 4 aromatic carbocycles. The van der Waals surface area contributed by atoms with E-state index in [1.807, 2.05) is 31.2 Å². The van der Waals surface area contributed by atoms with Crippen LogP contribution in [0.25, 0.3) is 10.8 Å². The second-order valence-electron chi connectivity index (χ2n) is 12.3. The van der Waals surface area contributed by atoms with Gasteiger partial charge in [-0.3, -0.25) is 0 Å². The number of sulfonamides is 1. The molecule has 0 saturated carbocycles. The number of benzene rings is 4. The summed E-state index contributed by atoms with van der Waals surface area (Å²) in [5.74, 6) is 0.787. The van der Waals surface area contributed by atoms with E-state index >= 15 is 0 Å². The van der Waals surface area contributed by atoms with Crippen molar-refractivity contribution in [3.63, 3.8) is 0 Å². The highest BCUT2D eigenvalue weighted by Gasteiger charge is 2.51. The molecule has 0 spiro atoms. The summed E-state index contributed by atoms with van der Waals surface area (Å²) in [7, 11) is -3.64. The summed E-state index contributed by atoms with van der Waals surface area (Å²) in [6, 6.07) is 25.4. The number of aliphatic hydroxyl groups is 1. The molecule has 0 saturated heterocycles. The number of hydrogen-bond acceptors (Lipinski definition) is 6. The van der Waals surface area contributed by atoms with Crippen LogP contribution in [0.15, 0.2) is 95.9 Å². The molecule has 2 unspecified atom stereocenters. The fourth-order valence-electron chi connectivity index (χ4n) is 5.29. The minimum absolute atomic E-state index is 0.109. The maximum absolute atomic E-state index is 14.4. The number of rotatable bonds is 11. The van der Waals surface area contributed by atoms with E-state index in [4.69, 9.17) is 13.9 Å². The van der Waals surface area contributed by atoms with Crippen LogP contribution in [0.3, 0.4) is 0 Å². The topological polar surface area (TPSA) is 94.1 Å². The van der Waals surface area contributed by atoms with Crippen molar-refractivity contribution in [3.8, 4) is 11.5 Å². The van der Waals surface area contributed by atoms with Gasteiger partial charge >= 0.3 is 0 Å². The normalized spacial score (nSPS) is 14.3. The van der Waals surface area contributed by atoms with E-state index in [1.54, 1.807) is 66.7 Å². The van der Waals surface area contributed by atoms with E-state index in [0.717, 1.165) is 5.39 Å². The van der Waals surface area contributed by atoms with Crippen molar-refractivity contribution in [2.24, 2.45) is 0 Å². The van der Waals surface area contributed by atoms with Gasteiger partial charge in [-0.05, 0) is 48.6 Å². The second-order valence-corrected chi connectivity index (χ2v) is 18.8. The Labute approximate surface area is 257 Å². The van der Waals surface area contributed by atoms with Gasteiger partial charge in [0.2, 0.25) is 10.0 Å². The maximum atomic E-state index is 14.4.